The summed E-state index contributed by atoms with van der Waals surface area (Å²) < 4.78 is 5.07. The first-order valence-electron chi connectivity index (χ1n) is 5.02. The van der Waals surface area contributed by atoms with E-state index in [-0.39, 0.29) is 12.2 Å². The second-order valence-electron chi connectivity index (χ2n) is 4.87. The van der Waals surface area contributed by atoms with E-state index in [1.54, 1.807) is 0 Å². The van der Waals surface area contributed by atoms with Crippen LogP contribution >= 0.6 is 0 Å². The number of carbonyl (C=O) groups excluding carboxylic acids is 1. The standard InChI is InChI=1S/C10H19NO3/c1-10(2,3)14-9(13)11-6-7-4-8(12)5-7/h7-8,12H,4-6H2,1-3H3,(H,11,13). The lowest BCUT2D eigenvalue weighted by Gasteiger charge is -2.31. The second kappa shape index (κ2) is 4.17. The Balaban J connectivity index is 2.10. The van der Waals surface area contributed by atoms with E-state index in [4.69, 9.17) is 9.84 Å². The first kappa shape index (κ1) is 11.3. The third-order valence-corrected chi connectivity index (χ3v) is 2.14. The van der Waals surface area contributed by atoms with Gasteiger partial charge in [-0.15, -0.1) is 0 Å². The molecule has 0 aromatic carbocycles. The van der Waals surface area contributed by atoms with Gasteiger partial charge in [0, 0.05) is 6.54 Å². The lowest BCUT2D eigenvalue weighted by Crippen LogP contribution is -2.40. The van der Waals surface area contributed by atoms with Crippen molar-refractivity contribution >= 4 is 6.09 Å². The van der Waals surface area contributed by atoms with Crippen LogP contribution in [0.1, 0.15) is 33.6 Å². The highest BCUT2D eigenvalue weighted by molar-refractivity contribution is 5.67. The van der Waals surface area contributed by atoms with Crippen LogP contribution in [0.3, 0.4) is 0 Å². The summed E-state index contributed by atoms with van der Waals surface area (Å²) in [6, 6.07) is 0. The summed E-state index contributed by atoms with van der Waals surface area (Å²) in [6.45, 7) is 6.10. The number of rotatable bonds is 2. The third kappa shape index (κ3) is 3.96. The molecule has 82 valence electrons. The molecule has 1 saturated carbocycles. The molecule has 1 amide bonds. The van der Waals surface area contributed by atoms with Gasteiger partial charge in [0.25, 0.3) is 0 Å². The van der Waals surface area contributed by atoms with Gasteiger partial charge in [-0.3, -0.25) is 0 Å². The summed E-state index contributed by atoms with van der Waals surface area (Å²) >= 11 is 0. The van der Waals surface area contributed by atoms with Gasteiger partial charge in [-0.05, 0) is 39.5 Å². The fraction of sp³-hybridized carbons (Fsp3) is 0.900. The molecule has 0 aliphatic heterocycles. The molecule has 0 aromatic rings. The Morgan fingerprint density at radius 2 is 2.07 bits per heavy atom. The van der Waals surface area contributed by atoms with E-state index in [0.717, 1.165) is 12.8 Å². The average molecular weight is 201 g/mol. The molecule has 1 aliphatic rings. The van der Waals surface area contributed by atoms with Crippen molar-refractivity contribution in [2.45, 2.75) is 45.3 Å². The summed E-state index contributed by atoms with van der Waals surface area (Å²) in [6.07, 6.45) is 1.03. The van der Waals surface area contributed by atoms with Gasteiger partial charge in [-0.25, -0.2) is 4.79 Å². The number of aliphatic hydroxyl groups excluding tert-OH is 1. The molecule has 0 radical (unpaired) electrons. The first-order valence-corrected chi connectivity index (χ1v) is 5.02. The highest BCUT2D eigenvalue weighted by atomic mass is 16.6. The zero-order chi connectivity index (χ0) is 10.8. The molecule has 1 rings (SSSR count). The third-order valence-electron chi connectivity index (χ3n) is 2.14. The summed E-state index contributed by atoms with van der Waals surface area (Å²) in [5.41, 5.74) is -0.441. The number of ether oxygens (including phenoxy) is 1. The monoisotopic (exact) mass is 201 g/mol. The topological polar surface area (TPSA) is 58.6 Å². The van der Waals surface area contributed by atoms with Gasteiger partial charge in [-0.1, -0.05) is 0 Å². The van der Waals surface area contributed by atoms with Crippen LogP contribution in [-0.2, 0) is 4.74 Å². The molecule has 0 heterocycles. The highest BCUT2D eigenvalue weighted by Crippen LogP contribution is 2.26. The van der Waals surface area contributed by atoms with Crippen molar-refractivity contribution in [3.05, 3.63) is 0 Å². The van der Waals surface area contributed by atoms with E-state index in [0.29, 0.717) is 12.5 Å². The van der Waals surface area contributed by atoms with Crippen molar-refractivity contribution < 1.29 is 14.6 Å². The maximum absolute atomic E-state index is 11.2. The second-order valence-corrected chi connectivity index (χ2v) is 4.87. The molecule has 0 atom stereocenters. The number of amides is 1. The van der Waals surface area contributed by atoms with Gasteiger partial charge in [-0.2, -0.15) is 0 Å². The van der Waals surface area contributed by atoms with Crippen LogP contribution in [0.4, 0.5) is 4.79 Å². The number of hydrogen-bond acceptors (Lipinski definition) is 3. The molecule has 1 fully saturated rings. The van der Waals surface area contributed by atoms with Gasteiger partial charge >= 0.3 is 6.09 Å². The maximum atomic E-state index is 11.2. The predicted octanol–water partition coefficient (Wildman–Crippen LogP) is 1.28. The van der Waals surface area contributed by atoms with Crippen molar-refractivity contribution in [2.24, 2.45) is 5.92 Å². The van der Waals surface area contributed by atoms with Crippen LogP contribution < -0.4 is 5.32 Å². The Bertz CT molecular complexity index is 204. The fourth-order valence-electron chi connectivity index (χ4n) is 1.41. The molecule has 14 heavy (non-hydrogen) atoms. The van der Waals surface area contributed by atoms with E-state index in [1.807, 2.05) is 20.8 Å². The molecule has 4 nitrogen and oxygen atoms in total. The average Bonchev–Trinajstić information content (AvgIpc) is 1.92. The van der Waals surface area contributed by atoms with Crippen LogP contribution in [-0.4, -0.2) is 29.4 Å². The zero-order valence-electron chi connectivity index (χ0n) is 9.04. The van der Waals surface area contributed by atoms with Crippen LogP contribution in [0.15, 0.2) is 0 Å². The largest absolute Gasteiger partial charge is 0.444 e. The molecule has 4 heteroatoms. The molecular weight excluding hydrogens is 182 g/mol. The van der Waals surface area contributed by atoms with Crippen molar-refractivity contribution in [1.29, 1.82) is 0 Å². The van der Waals surface area contributed by atoms with E-state index < -0.39 is 5.60 Å². The Labute approximate surface area is 84.6 Å². The van der Waals surface area contributed by atoms with Gasteiger partial charge in [0.1, 0.15) is 5.60 Å². The minimum Gasteiger partial charge on any atom is -0.444 e. The van der Waals surface area contributed by atoms with E-state index in [2.05, 4.69) is 5.32 Å². The van der Waals surface area contributed by atoms with Gasteiger partial charge in [0.15, 0.2) is 0 Å². The lowest BCUT2D eigenvalue weighted by molar-refractivity contribution is 0.0319. The van der Waals surface area contributed by atoms with Crippen LogP contribution in [0.25, 0.3) is 0 Å². The number of hydrogen-bond donors (Lipinski definition) is 2. The number of nitrogens with one attached hydrogen (secondary N) is 1. The van der Waals surface area contributed by atoms with Gasteiger partial charge < -0.3 is 15.2 Å². The minimum absolute atomic E-state index is 0.166. The van der Waals surface area contributed by atoms with Crippen molar-refractivity contribution in [3.8, 4) is 0 Å². The fourth-order valence-corrected chi connectivity index (χ4v) is 1.41. The summed E-state index contributed by atoms with van der Waals surface area (Å²) in [5.74, 6) is 0.414. The van der Waals surface area contributed by atoms with Crippen LogP contribution in [0.2, 0.25) is 0 Å². The van der Waals surface area contributed by atoms with Crippen molar-refractivity contribution in [3.63, 3.8) is 0 Å². The Morgan fingerprint density at radius 1 is 1.50 bits per heavy atom. The van der Waals surface area contributed by atoms with Gasteiger partial charge in [0.2, 0.25) is 0 Å². The SMILES string of the molecule is CC(C)(C)OC(=O)NCC1CC(O)C1. The van der Waals surface area contributed by atoms with Crippen LogP contribution in [0, 0.1) is 5.92 Å². The number of carbonyl (C=O) groups is 1. The van der Waals surface area contributed by atoms with E-state index in [9.17, 15) is 4.79 Å². The molecule has 0 spiro atoms. The molecule has 0 unspecified atom stereocenters. The van der Waals surface area contributed by atoms with Crippen molar-refractivity contribution in [1.82, 2.24) is 5.32 Å². The normalized spacial score (nSPS) is 26.6. The number of alkyl carbamates (subject to hydrolysis) is 1. The number of aliphatic hydroxyl groups is 1. The van der Waals surface area contributed by atoms with E-state index >= 15 is 0 Å². The first-order chi connectivity index (χ1) is 6.37. The van der Waals surface area contributed by atoms with Crippen molar-refractivity contribution in [2.75, 3.05) is 6.54 Å². The quantitative estimate of drug-likeness (QED) is 0.707. The molecule has 2 N–H and O–H groups in total. The van der Waals surface area contributed by atoms with Crippen LogP contribution in [0.5, 0.6) is 0 Å². The molecular formula is C10H19NO3. The summed E-state index contributed by atoms with van der Waals surface area (Å²) in [4.78, 5) is 11.2. The predicted molar refractivity (Wildman–Crippen MR) is 53.0 cm³/mol. The highest BCUT2D eigenvalue weighted by Gasteiger charge is 2.27. The van der Waals surface area contributed by atoms with Gasteiger partial charge in [0.05, 0.1) is 6.10 Å². The zero-order valence-corrected chi connectivity index (χ0v) is 9.04. The lowest BCUT2D eigenvalue weighted by atomic mass is 9.82. The Kier molecular flexibility index (Phi) is 3.37. The Hall–Kier alpha value is -0.770. The maximum Gasteiger partial charge on any atom is 0.407 e. The molecule has 0 saturated heterocycles. The summed E-state index contributed by atoms with van der Waals surface area (Å²) in [7, 11) is 0. The molecule has 1 aliphatic carbocycles. The van der Waals surface area contributed by atoms with E-state index in [1.165, 1.54) is 0 Å². The Morgan fingerprint density at radius 3 is 2.50 bits per heavy atom. The molecule has 0 bridgehead atoms. The minimum atomic E-state index is -0.441. The molecule has 0 aromatic heterocycles. The summed E-state index contributed by atoms with van der Waals surface area (Å²) in [5, 5.41) is 11.7. The smallest absolute Gasteiger partial charge is 0.407 e.